The van der Waals surface area contributed by atoms with Crippen molar-refractivity contribution < 1.29 is 14.6 Å². The van der Waals surface area contributed by atoms with Crippen molar-refractivity contribution in [1.82, 2.24) is 4.98 Å². The van der Waals surface area contributed by atoms with Crippen LogP contribution < -0.4 is 4.74 Å². The molecule has 2 rings (SSSR count). The van der Waals surface area contributed by atoms with Gasteiger partial charge in [0.25, 0.3) is 5.19 Å². The fourth-order valence-electron chi connectivity index (χ4n) is 1.03. The van der Waals surface area contributed by atoms with Crippen LogP contribution in [0.25, 0.3) is 0 Å². The van der Waals surface area contributed by atoms with Gasteiger partial charge in [-0.2, -0.15) is 4.98 Å². The molecule has 0 fully saturated rings. The van der Waals surface area contributed by atoms with Crippen LogP contribution in [-0.2, 0) is 0 Å². The number of benzene rings is 1. The molecular formula is C10H6ClNO3S. The first-order valence-electron chi connectivity index (χ1n) is 4.27. The number of halogens is 1. The number of hydrogen-bond donors (Lipinski definition) is 1. The number of carbonyl (C=O) groups is 1. The Bertz CT molecular complexity index is 526. The van der Waals surface area contributed by atoms with E-state index in [1.807, 2.05) is 0 Å². The van der Waals surface area contributed by atoms with Crippen LogP contribution in [0.15, 0.2) is 29.6 Å². The maximum Gasteiger partial charge on any atom is 0.355 e. The molecule has 0 amide bonds. The van der Waals surface area contributed by atoms with Gasteiger partial charge in [-0.1, -0.05) is 29.0 Å². The first kappa shape index (κ1) is 10.9. The van der Waals surface area contributed by atoms with Crippen LogP contribution in [0.1, 0.15) is 10.5 Å². The van der Waals surface area contributed by atoms with Crippen molar-refractivity contribution in [2.24, 2.45) is 0 Å². The Balaban J connectivity index is 2.17. The van der Waals surface area contributed by atoms with Crippen LogP contribution in [0.5, 0.6) is 10.9 Å². The molecular weight excluding hydrogens is 250 g/mol. The van der Waals surface area contributed by atoms with Gasteiger partial charge in [0.2, 0.25) is 0 Å². The quantitative estimate of drug-likeness (QED) is 0.914. The Hall–Kier alpha value is -1.59. The smallest absolute Gasteiger partial charge is 0.355 e. The molecule has 0 atom stereocenters. The summed E-state index contributed by atoms with van der Waals surface area (Å²) in [6.45, 7) is 0. The Labute approximate surface area is 100 Å². The zero-order valence-electron chi connectivity index (χ0n) is 7.88. The van der Waals surface area contributed by atoms with Crippen LogP contribution >= 0.6 is 22.9 Å². The Kier molecular flexibility index (Phi) is 3.07. The highest BCUT2D eigenvalue weighted by Gasteiger charge is 2.09. The number of aromatic carboxylic acids is 1. The second-order valence-electron chi connectivity index (χ2n) is 2.86. The number of ether oxygens (including phenoxy) is 1. The standard InChI is InChI=1S/C10H6ClNO3S/c11-6-2-1-3-7(4-6)15-10-12-8(5-16-10)9(13)14/h1-5H,(H,13,14). The molecule has 0 saturated heterocycles. The van der Waals surface area contributed by atoms with E-state index in [0.29, 0.717) is 10.8 Å². The number of carboxylic acids is 1. The largest absolute Gasteiger partial charge is 0.476 e. The molecule has 1 N–H and O–H groups in total. The third-order valence-electron chi connectivity index (χ3n) is 1.70. The number of nitrogens with zero attached hydrogens (tertiary/aromatic N) is 1. The normalized spacial score (nSPS) is 10.1. The van der Waals surface area contributed by atoms with E-state index in [2.05, 4.69) is 4.98 Å². The fourth-order valence-corrected chi connectivity index (χ4v) is 1.88. The molecule has 2 aromatic rings. The third-order valence-corrected chi connectivity index (χ3v) is 2.66. The van der Waals surface area contributed by atoms with Crippen LogP contribution in [0, 0.1) is 0 Å². The molecule has 0 aliphatic carbocycles. The maximum atomic E-state index is 10.6. The van der Waals surface area contributed by atoms with E-state index in [1.165, 1.54) is 5.38 Å². The van der Waals surface area contributed by atoms with Crippen molar-refractivity contribution in [3.05, 3.63) is 40.4 Å². The number of thiazole rings is 1. The molecule has 16 heavy (non-hydrogen) atoms. The van der Waals surface area contributed by atoms with Crippen LogP contribution in [-0.4, -0.2) is 16.1 Å². The third kappa shape index (κ3) is 2.50. The van der Waals surface area contributed by atoms with E-state index in [1.54, 1.807) is 24.3 Å². The number of hydrogen-bond acceptors (Lipinski definition) is 4. The van der Waals surface area contributed by atoms with E-state index in [-0.39, 0.29) is 10.9 Å². The summed E-state index contributed by atoms with van der Waals surface area (Å²) >= 11 is 6.90. The summed E-state index contributed by atoms with van der Waals surface area (Å²) in [7, 11) is 0. The molecule has 4 nitrogen and oxygen atoms in total. The van der Waals surface area contributed by atoms with Gasteiger partial charge < -0.3 is 9.84 Å². The van der Waals surface area contributed by atoms with Gasteiger partial charge in [0.05, 0.1) is 0 Å². The Morgan fingerprint density at radius 1 is 1.50 bits per heavy atom. The fraction of sp³-hybridized carbons (Fsp3) is 0. The van der Waals surface area contributed by atoms with Gasteiger partial charge in [-0.15, -0.1) is 0 Å². The lowest BCUT2D eigenvalue weighted by Crippen LogP contribution is -1.95. The van der Waals surface area contributed by atoms with Gasteiger partial charge in [0, 0.05) is 10.4 Å². The minimum atomic E-state index is -1.07. The molecule has 0 radical (unpaired) electrons. The Morgan fingerprint density at radius 2 is 2.31 bits per heavy atom. The first-order chi connectivity index (χ1) is 7.65. The zero-order valence-corrected chi connectivity index (χ0v) is 9.46. The van der Waals surface area contributed by atoms with Crippen molar-refractivity contribution >= 4 is 28.9 Å². The number of carboxylic acid groups (broad SMARTS) is 1. The van der Waals surface area contributed by atoms with Crippen molar-refractivity contribution in [2.75, 3.05) is 0 Å². The Morgan fingerprint density at radius 3 is 2.94 bits per heavy atom. The van der Waals surface area contributed by atoms with Gasteiger partial charge in [-0.25, -0.2) is 4.79 Å². The molecule has 1 heterocycles. The van der Waals surface area contributed by atoms with Crippen molar-refractivity contribution in [2.45, 2.75) is 0 Å². The van der Waals surface area contributed by atoms with E-state index in [4.69, 9.17) is 21.4 Å². The lowest BCUT2D eigenvalue weighted by atomic mass is 10.3. The average Bonchev–Trinajstić information content (AvgIpc) is 2.66. The van der Waals surface area contributed by atoms with E-state index in [0.717, 1.165) is 11.3 Å². The SMILES string of the molecule is O=C(O)c1csc(Oc2cccc(Cl)c2)n1. The summed E-state index contributed by atoms with van der Waals surface area (Å²) in [4.78, 5) is 14.4. The van der Waals surface area contributed by atoms with Gasteiger partial charge in [0.1, 0.15) is 5.75 Å². The van der Waals surface area contributed by atoms with Crippen LogP contribution in [0.4, 0.5) is 0 Å². The lowest BCUT2D eigenvalue weighted by molar-refractivity contribution is 0.0690. The lowest BCUT2D eigenvalue weighted by Gasteiger charge is -2.00. The zero-order chi connectivity index (χ0) is 11.5. The summed E-state index contributed by atoms with van der Waals surface area (Å²) in [6.07, 6.45) is 0. The summed E-state index contributed by atoms with van der Waals surface area (Å²) in [5.41, 5.74) is -0.0259. The molecule has 0 aliphatic heterocycles. The van der Waals surface area contributed by atoms with Crippen molar-refractivity contribution in [3.8, 4) is 10.9 Å². The van der Waals surface area contributed by atoms with Gasteiger partial charge in [-0.3, -0.25) is 0 Å². The second kappa shape index (κ2) is 4.51. The molecule has 0 unspecified atom stereocenters. The molecule has 1 aromatic carbocycles. The predicted molar refractivity (Wildman–Crippen MR) is 60.6 cm³/mol. The van der Waals surface area contributed by atoms with E-state index < -0.39 is 5.97 Å². The highest BCUT2D eigenvalue weighted by Crippen LogP contribution is 2.26. The minimum Gasteiger partial charge on any atom is -0.476 e. The topological polar surface area (TPSA) is 59.4 Å². The summed E-state index contributed by atoms with van der Waals surface area (Å²) < 4.78 is 5.35. The van der Waals surface area contributed by atoms with E-state index >= 15 is 0 Å². The predicted octanol–water partition coefficient (Wildman–Crippen LogP) is 3.29. The second-order valence-corrected chi connectivity index (χ2v) is 4.12. The average molecular weight is 256 g/mol. The number of aromatic nitrogens is 1. The molecule has 0 spiro atoms. The summed E-state index contributed by atoms with van der Waals surface area (Å²) in [5, 5.41) is 10.9. The highest BCUT2D eigenvalue weighted by molar-refractivity contribution is 7.11. The van der Waals surface area contributed by atoms with Crippen molar-refractivity contribution in [1.29, 1.82) is 0 Å². The monoisotopic (exact) mass is 255 g/mol. The molecule has 82 valence electrons. The highest BCUT2D eigenvalue weighted by atomic mass is 35.5. The molecule has 0 bridgehead atoms. The molecule has 0 saturated carbocycles. The van der Waals surface area contributed by atoms with Gasteiger partial charge >= 0.3 is 5.97 Å². The first-order valence-corrected chi connectivity index (χ1v) is 5.53. The van der Waals surface area contributed by atoms with Crippen molar-refractivity contribution in [3.63, 3.8) is 0 Å². The molecule has 0 aliphatic rings. The van der Waals surface area contributed by atoms with Gasteiger partial charge in [-0.05, 0) is 18.2 Å². The summed E-state index contributed by atoms with van der Waals surface area (Å²) in [5.74, 6) is -0.545. The van der Waals surface area contributed by atoms with E-state index in [9.17, 15) is 4.79 Å². The van der Waals surface area contributed by atoms with Gasteiger partial charge in [0.15, 0.2) is 5.69 Å². The maximum absolute atomic E-state index is 10.6. The van der Waals surface area contributed by atoms with Crippen LogP contribution in [0.2, 0.25) is 5.02 Å². The number of rotatable bonds is 3. The molecule has 6 heteroatoms. The molecule has 1 aromatic heterocycles. The van der Waals surface area contributed by atoms with Crippen LogP contribution in [0.3, 0.4) is 0 Å². The summed E-state index contributed by atoms with van der Waals surface area (Å²) in [6, 6.07) is 6.81. The minimum absolute atomic E-state index is 0.0259.